The van der Waals surface area contributed by atoms with Gasteiger partial charge in [0.1, 0.15) is 11.2 Å². The first-order chi connectivity index (χ1) is 14.2. The van der Waals surface area contributed by atoms with Crippen LogP contribution in [0.1, 0.15) is 64.7 Å². The van der Waals surface area contributed by atoms with Gasteiger partial charge in [-0.2, -0.15) is 0 Å². The van der Waals surface area contributed by atoms with Gasteiger partial charge in [0.25, 0.3) is 0 Å². The summed E-state index contributed by atoms with van der Waals surface area (Å²) in [6.07, 6.45) is 0.662. The van der Waals surface area contributed by atoms with E-state index in [2.05, 4.69) is 0 Å². The molecule has 8 heteroatoms. The predicted molar refractivity (Wildman–Crippen MR) is 119 cm³/mol. The normalized spacial score (nSPS) is 15.4. The van der Waals surface area contributed by atoms with E-state index in [-0.39, 0.29) is 12.0 Å². The highest BCUT2D eigenvalue weighted by molar-refractivity contribution is 5.95. The maximum absolute atomic E-state index is 12.9. The summed E-state index contributed by atoms with van der Waals surface area (Å²) >= 11 is 0. The number of piperidine rings is 1. The number of rotatable bonds is 4. The Morgan fingerprint density at radius 1 is 1.03 bits per heavy atom. The molecular formula is C23H35N3O5. The van der Waals surface area contributed by atoms with Gasteiger partial charge >= 0.3 is 12.2 Å². The van der Waals surface area contributed by atoms with E-state index in [1.807, 2.05) is 41.5 Å². The lowest BCUT2D eigenvalue weighted by Gasteiger charge is -2.36. The molecule has 2 N–H and O–H groups in total. The first-order valence-electron chi connectivity index (χ1n) is 10.6. The summed E-state index contributed by atoms with van der Waals surface area (Å²) in [4.78, 5) is 40.1. The minimum Gasteiger partial charge on any atom is -0.444 e. The number of primary amides is 1. The number of nitrogens with zero attached hydrogens (tertiary/aromatic N) is 2. The zero-order chi connectivity index (χ0) is 23.4. The molecule has 1 aliphatic heterocycles. The molecule has 0 spiro atoms. The second-order valence-corrected chi connectivity index (χ2v) is 9.92. The van der Waals surface area contributed by atoms with E-state index >= 15 is 0 Å². The van der Waals surface area contributed by atoms with E-state index in [1.54, 1.807) is 34.1 Å². The van der Waals surface area contributed by atoms with Crippen LogP contribution in [-0.4, -0.2) is 53.8 Å². The van der Waals surface area contributed by atoms with Crippen molar-refractivity contribution in [2.45, 2.75) is 65.6 Å². The molecule has 0 unspecified atom stereocenters. The molecule has 1 aromatic carbocycles. The van der Waals surface area contributed by atoms with E-state index in [9.17, 15) is 14.4 Å². The Hall–Kier alpha value is -2.77. The third kappa shape index (κ3) is 7.77. The quantitative estimate of drug-likeness (QED) is 0.768. The topological polar surface area (TPSA) is 102 Å². The van der Waals surface area contributed by atoms with Crippen LogP contribution in [0.15, 0.2) is 24.3 Å². The standard InChI is InChI=1S/C23H35N3O5/c1-22(2,3)30-20(28)25-12-10-16(11-13-25)15-26(21(29)31-23(4,5)6)18-9-7-8-17(14-18)19(24)27/h7-9,14,16H,10-13,15H2,1-6H3,(H2,24,27). The van der Waals surface area contributed by atoms with Gasteiger partial charge in [0.2, 0.25) is 5.91 Å². The summed E-state index contributed by atoms with van der Waals surface area (Å²) in [5.41, 5.74) is 5.10. The van der Waals surface area contributed by atoms with Crippen LogP contribution < -0.4 is 10.6 Å². The molecule has 1 fully saturated rings. The molecule has 0 saturated carbocycles. The van der Waals surface area contributed by atoms with E-state index in [0.717, 1.165) is 12.8 Å². The number of nitrogens with two attached hydrogens (primary N) is 1. The Morgan fingerprint density at radius 3 is 2.13 bits per heavy atom. The Morgan fingerprint density at radius 2 is 1.61 bits per heavy atom. The van der Waals surface area contributed by atoms with Crippen molar-refractivity contribution in [2.75, 3.05) is 24.5 Å². The summed E-state index contributed by atoms with van der Waals surface area (Å²) in [6.45, 7) is 12.5. The summed E-state index contributed by atoms with van der Waals surface area (Å²) in [6, 6.07) is 6.66. The SMILES string of the molecule is CC(C)(C)OC(=O)N1CCC(CN(C(=O)OC(C)(C)C)c2cccc(C(N)=O)c2)CC1. The molecule has 0 aliphatic carbocycles. The summed E-state index contributed by atoms with van der Waals surface area (Å²) in [5.74, 6) is -0.389. The zero-order valence-corrected chi connectivity index (χ0v) is 19.4. The number of benzene rings is 1. The van der Waals surface area contributed by atoms with Gasteiger partial charge < -0.3 is 20.1 Å². The van der Waals surface area contributed by atoms with Gasteiger partial charge in [-0.25, -0.2) is 9.59 Å². The van der Waals surface area contributed by atoms with Crippen LogP contribution in [0.4, 0.5) is 15.3 Å². The highest BCUT2D eigenvalue weighted by Gasteiger charge is 2.31. The van der Waals surface area contributed by atoms with Crippen molar-refractivity contribution in [3.05, 3.63) is 29.8 Å². The molecule has 8 nitrogen and oxygen atoms in total. The Labute approximate surface area is 184 Å². The van der Waals surface area contributed by atoms with Crippen LogP contribution in [0.3, 0.4) is 0 Å². The Balaban J connectivity index is 2.12. The average Bonchev–Trinajstić information content (AvgIpc) is 2.63. The third-order valence-corrected chi connectivity index (χ3v) is 4.76. The van der Waals surface area contributed by atoms with Crippen molar-refractivity contribution in [1.29, 1.82) is 0 Å². The van der Waals surface area contributed by atoms with Crippen molar-refractivity contribution < 1.29 is 23.9 Å². The van der Waals surface area contributed by atoms with Crippen LogP contribution in [0.25, 0.3) is 0 Å². The third-order valence-electron chi connectivity index (χ3n) is 4.76. The van der Waals surface area contributed by atoms with Gasteiger partial charge in [-0.1, -0.05) is 6.07 Å². The first kappa shape index (κ1) is 24.5. The van der Waals surface area contributed by atoms with E-state index in [0.29, 0.717) is 30.9 Å². The number of anilines is 1. The Kier molecular flexibility index (Phi) is 7.57. The number of hydrogen-bond acceptors (Lipinski definition) is 5. The highest BCUT2D eigenvalue weighted by Crippen LogP contribution is 2.26. The van der Waals surface area contributed by atoms with Crippen molar-refractivity contribution in [3.8, 4) is 0 Å². The molecule has 0 atom stereocenters. The van der Waals surface area contributed by atoms with Gasteiger partial charge in [-0.3, -0.25) is 9.69 Å². The van der Waals surface area contributed by atoms with Gasteiger partial charge in [-0.05, 0) is 78.5 Å². The van der Waals surface area contributed by atoms with Crippen LogP contribution in [0, 0.1) is 5.92 Å². The average molecular weight is 434 g/mol. The van der Waals surface area contributed by atoms with Crippen LogP contribution in [0.5, 0.6) is 0 Å². The fraction of sp³-hybridized carbons (Fsp3) is 0.609. The first-order valence-corrected chi connectivity index (χ1v) is 10.6. The molecular weight excluding hydrogens is 398 g/mol. The van der Waals surface area contributed by atoms with Gasteiger partial charge in [0, 0.05) is 30.9 Å². The number of hydrogen-bond donors (Lipinski definition) is 1. The molecule has 31 heavy (non-hydrogen) atoms. The maximum atomic E-state index is 12.9. The molecule has 172 valence electrons. The smallest absolute Gasteiger partial charge is 0.414 e. The number of carbonyl (C=O) groups is 3. The lowest BCUT2D eigenvalue weighted by molar-refractivity contribution is 0.0182. The van der Waals surface area contributed by atoms with Crippen molar-refractivity contribution in [2.24, 2.45) is 11.7 Å². The molecule has 1 saturated heterocycles. The molecule has 1 aliphatic rings. The maximum Gasteiger partial charge on any atom is 0.414 e. The molecule has 2 rings (SSSR count). The summed E-state index contributed by atoms with van der Waals surface area (Å²) in [5, 5.41) is 0. The number of carbonyl (C=O) groups excluding carboxylic acids is 3. The van der Waals surface area contributed by atoms with Crippen molar-refractivity contribution in [1.82, 2.24) is 4.90 Å². The van der Waals surface area contributed by atoms with Crippen LogP contribution in [-0.2, 0) is 9.47 Å². The fourth-order valence-electron chi connectivity index (χ4n) is 3.31. The highest BCUT2D eigenvalue weighted by atomic mass is 16.6. The largest absolute Gasteiger partial charge is 0.444 e. The molecule has 1 aromatic rings. The van der Waals surface area contributed by atoms with E-state index in [1.165, 1.54) is 0 Å². The second kappa shape index (κ2) is 9.58. The molecule has 0 radical (unpaired) electrons. The van der Waals surface area contributed by atoms with Gasteiger partial charge in [-0.15, -0.1) is 0 Å². The molecule has 3 amide bonds. The fourth-order valence-corrected chi connectivity index (χ4v) is 3.31. The number of ether oxygens (including phenoxy) is 2. The van der Waals surface area contributed by atoms with Crippen LogP contribution in [0.2, 0.25) is 0 Å². The number of likely N-dealkylation sites (tertiary alicyclic amines) is 1. The number of amides is 3. The molecule has 0 bridgehead atoms. The Bertz CT molecular complexity index is 802. The summed E-state index contributed by atoms with van der Waals surface area (Å²) in [7, 11) is 0. The van der Waals surface area contributed by atoms with Gasteiger partial charge in [0.05, 0.1) is 0 Å². The second-order valence-electron chi connectivity index (χ2n) is 9.92. The van der Waals surface area contributed by atoms with Crippen molar-refractivity contribution >= 4 is 23.8 Å². The summed E-state index contributed by atoms with van der Waals surface area (Å²) < 4.78 is 11.0. The zero-order valence-electron chi connectivity index (χ0n) is 19.4. The minimum atomic E-state index is -0.656. The van der Waals surface area contributed by atoms with E-state index < -0.39 is 23.2 Å². The molecule has 0 aromatic heterocycles. The lowest BCUT2D eigenvalue weighted by Crippen LogP contribution is -2.45. The van der Waals surface area contributed by atoms with Crippen LogP contribution >= 0.6 is 0 Å². The molecule has 1 heterocycles. The monoisotopic (exact) mass is 433 g/mol. The van der Waals surface area contributed by atoms with Gasteiger partial charge in [0.15, 0.2) is 0 Å². The minimum absolute atomic E-state index is 0.170. The van der Waals surface area contributed by atoms with Crippen molar-refractivity contribution in [3.63, 3.8) is 0 Å². The predicted octanol–water partition coefficient (Wildman–Crippen LogP) is 4.17. The van der Waals surface area contributed by atoms with E-state index in [4.69, 9.17) is 15.2 Å². The lowest BCUT2D eigenvalue weighted by atomic mass is 9.96.